The van der Waals surface area contributed by atoms with Crippen LogP contribution in [0.5, 0.6) is 0 Å². The molecule has 0 amide bonds. The molecule has 0 unspecified atom stereocenters. The van der Waals surface area contributed by atoms with Gasteiger partial charge >= 0.3 is 0 Å². The van der Waals surface area contributed by atoms with Gasteiger partial charge in [-0.1, -0.05) is 43.9 Å². The molecule has 0 aliphatic carbocycles. The largest absolute Gasteiger partial charge is 0.160 e. The van der Waals surface area contributed by atoms with E-state index in [0.29, 0.717) is 0 Å². The fraction of sp³-hybridized carbons (Fsp3) is 0.500. The third-order valence-electron chi connectivity index (χ3n) is 2.05. The van der Waals surface area contributed by atoms with Gasteiger partial charge in [0, 0.05) is 5.75 Å². The van der Waals surface area contributed by atoms with E-state index in [1.54, 1.807) is 0 Å². The van der Waals surface area contributed by atoms with Gasteiger partial charge in [-0.3, -0.25) is 0 Å². The first-order chi connectivity index (χ1) is 6.49. The Morgan fingerprint density at radius 2 is 1.79 bits per heavy atom. The first-order valence-electron chi connectivity index (χ1n) is 5.11. The van der Waals surface area contributed by atoms with E-state index in [0.717, 1.165) is 0 Å². The molecule has 0 atom stereocenters. The van der Waals surface area contributed by atoms with Crippen molar-refractivity contribution in [1.82, 2.24) is 0 Å². The van der Waals surface area contributed by atoms with Crippen molar-refractivity contribution < 1.29 is 0 Å². The summed E-state index contributed by atoms with van der Waals surface area (Å²) in [5.41, 5.74) is 2.92. The summed E-state index contributed by atoms with van der Waals surface area (Å²) in [4.78, 5) is 0. The first-order valence-corrected chi connectivity index (χ1v) is 9.97. The molecule has 1 aromatic carbocycles. The second-order valence-electron chi connectivity index (χ2n) is 4.98. The van der Waals surface area contributed by atoms with Crippen molar-refractivity contribution in [3.05, 3.63) is 35.4 Å². The van der Waals surface area contributed by atoms with E-state index in [-0.39, 0.29) is 0 Å². The van der Waals surface area contributed by atoms with Crippen molar-refractivity contribution in [2.45, 2.75) is 32.3 Å². The van der Waals surface area contributed by atoms with E-state index in [2.05, 4.69) is 62.6 Å². The van der Waals surface area contributed by atoms with Crippen molar-refractivity contribution in [1.29, 1.82) is 0 Å². The molecule has 14 heavy (non-hydrogen) atoms. The van der Waals surface area contributed by atoms with Crippen molar-refractivity contribution >= 4 is 19.8 Å². The first kappa shape index (κ1) is 11.9. The van der Waals surface area contributed by atoms with Crippen LogP contribution in [0.15, 0.2) is 24.3 Å². The average Bonchev–Trinajstić information content (AvgIpc) is 2.06. The SMILES string of the molecule is Cc1ccccc1CSC[Si](C)(C)C. The van der Waals surface area contributed by atoms with Crippen LogP contribution in [0.2, 0.25) is 19.6 Å². The molecule has 0 aliphatic heterocycles. The molecule has 1 rings (SSSR count). The maximum atomic E-state index is 2.43. The number of benzene rings is 1. The average molecular weight is 224 g/mol. The Morgan fingerprint density at radius 1 is 1.14 bits per heavy atom. The number of hydrogen-bond acceptors (Lipinski definition) is 1. The topological polar surface area (TPSA) is 0 Å². The summed E-state index contributed by atoms with van der Waals surface area (Å²) in [5.74, 6) is 1.18. The standard InChI is InChI=1S/C12H20SSi/c1-11-7-5-6-8-12(11)9-13-10-14(2,3)4/h5-8H,9-10H2,1-4H3. The highest BCUT2D eigenvalue weighted by molar-refractivity contribution is 8.00. The zero-order valence-electron chi connectivity index (χ0n) is 9.63. The van der Waals surface area contributed by atoms with Gasteiger partial charge in [-0.05, 0) is 23.4 Å². The summed E-state index contributed by atoms with van der Waals surface area (Å²) in [7, 11) is -0.865. The second kappa shape index (κ2) is 5.03. The third kappa shape index (κ3) is 4.34. The van der Waals surface area contributed by atoms with Crippen LogP contribution in [0.3, 0.4) is 0 Å². The fourth-order valence-electron chi connectivity index (χ4n) is 1.24. The number of rotatable bonds is 4. The Labute approximate surface area is 93.1 Å². The number of aryl methyl sites for hydroxylation is 1. The quantitative estimate of drug-likeness (QED) is 0.694. The lowest BCUT2D eigenvalue weighted by Gasteiger charge is -2.15. The molecule has 0 saturated carbocycles. The van der Waals surface area contributed by atoms with Crippen LogP contribution in [0.25, 0.3) is 0 Å². The molecule has 0 saturated heterocycles. The van der Waals surface area contributed by atoms with Crippen LogP contribution in [-0.4, -0.2) is 13.5 Å². The Balaban J connectivity index is 2.43. The van der Waals surface area contributed by atoms with Gasteiger partial charge in [-0.2, -0.15) is 11.8 Å². The van der Waals surface area contributed by atoms with Crippen LogP contribution in [-0.2, 0) is 5.75 Å². The minimum Gasteiger partial charge on any atom is -0.160 e. The number of thioether (sulfide) groups is 1. The Bertz CT molecular complexity index is 289. The molecule has 78 valence electrons. The van der Waals surface area contributed by atoms with Gasteiger partial charge in [0.25, 0.3) is 0 Å². The molecule has 0 N–H and O–H groups in total. The molecule has 0 aliphatic rings. The second-order valence-corrected chi connectivity index (χ2v) is 12.0. The summed E-state index contributed by atoms with van der Waals surface area (Å²) < 4.78 is 0. The van der Waals surface area contributed by atoms with Crippen molar-refractivity contribution in [3.8, 4) is 0 Å². The highest BCUT2D eigenvalue weighted by atomic mass is 32.2. The van der Waals surface area contributed by atoms with Gasteiger partial charge in [0.05, 0.1) is 8.07 Å². The maximum Gasteiger partial charge on any atom is 0.0548 e. The Hall–Kier alpha value is -0.213. The lowest BCUT2D eigenvalue weighted by Crippen LogP contribution is -2.23. The molecule has 0 spiro atoms. The highest BCUT2D eigenvalue weighted by Gasteiger charge is 2.12. The van der Waals surface area contributed by atoms with Gasteiger partial charge in [0.15, 0.2) is 0 Å². The summed E-state index contributed by atoms with van der Waals surface area (Å²) in [5, 5.41) is 1.36. The molecule has 0 fully saturated rings. The normalized spacial score (nSPS) is 11.7. The van der Waals surface area contributed by atoms with Gasteiger partial charge in [-0.15, -0.1) is 0 Å². The van der Waals surface area contributed by atoms with Crippen LogP contribution >= 0.6 is 11.8 Å². The molecule has 0 bridgehead atoms. The van der Waals surface area contributed by atoms with Crippen molar-refractivity contribution in [2.24, 2.45) is 0 Å². The minimum atomic E-state index is -0.865. The molecule has 0 radical (unpaired) electrons. The van der Waals surface area contributed by atoms with Gasteiger partial charge < -0.3 is 0 Å². The highest BCUT2D eigenvalue weighted by Crippen LogP contribution is 2.19. The van der Waals surface area contributed by atoms with Crippen LogP contribution in [0, 0.1) is 6.92 Å². The number of hydrogen-bond donors (Lipinski definition) is 0. The molecular formula is C12H20SSi. The molecule has 2 heteroatoms. The van der Waals surface area contributed by atoms with E-state index in [1.807, 2.05) is 0 Å². The summed E-state index contributed by atoms with van der Waals surface area (Å²) in [6.07, 6.45) is 0. The minimum absolute atomic E-state index is 0.865. The Morgan fingerprint density at radius 3 is 2.36 bits per heavy atom. The summed E-state index contributed by atoms with van der Waals surface area (Å²) in [6.45, 7) is 9.48. The van der Waals surface area contributed by atoms with Crippen molar-refractivity contribution in [2.75, 3.05) is 5.38 Å². The van der Waals surface area contributed by atoms with E-state index in [4.69, 9.17) is 0 Å². The summed E-state index contributed by atoms with van der Waals surface area (Å²) in [6, 6.07) is 8.69. The zero-order valence-corrected chi connectivity index (χ0v) is 11.4. The predicted molar refractivity (Wildman–Crippen MR) is 70.7 cm³/mol. The van der Waals surface area contributed by atoms with Gasteiger partial charge in [0.1, 0.15) is 0 Å². The van der Waals surface area contributed by atoms with E-state index in [1.165, 1.54) is 22.3 Å². The van der Waals surface area contributed by atoms with E-state index in [9.17, 15) is 0 Å². The molecule has 0 nitrogen and oxygen atoms in total. The van der Waals surface area contributed by atoms with Crippen LogP contribution < -0.4 is 0 Å². The van der Waals surface area contributed by atoms with Crippen LogP contribution in [0.4, 0.5) is 0 Å². The predicted octanol–water partition coefficient (Wildman–Crippen LogP) is 4.11. The third-order valence-corrected chi connectivity index (χ3v) is 6.85. The monoisotopic (exact) mass is 224 g/mol. The Kier molecular flexibility index (Phi) is 4.26. The molecule has 1 aromatic rings. The zero-order chi connectivity index (χ0) is 10.6. The fourth-order valence-corrected chi connectivity index (χ4v) is 4.64. The maximum absolute atomic E-state index is 2.43. The van der Waals surface area contributed by atoms with Gasteiger partial charge in [0.2, 0.25) is 0 Å². The van der Waals surface area contributed by atoms with E-state index < -0.39 is 8.07 Å². The summed E-state index contributed by atoms with van der Waals surface area (Å²) >= 11 is 2.09. The lowest BCUT2D eigenvalue weighted by atomic mass is 10.1. The van der Waals surface area contributed by atoms with Crippen LogP contribution in [0.1, 0.15) is 11.1 Å². The van der Waals surface area contributed by atoms with E-state index >= 15 is 0 Å². The molecule has 0 aromatic heterocycles. The van der Waals surface area contributed by atoms with Gasteiger partial charge in [-0.25, -0.2) is 0 Å². The smallest absolute Gasteiger partial charge is 0.0548 e. The lowest BCUT2D eigenvalue weighted by molar-refractivity contribution is 1.31. The molecule has 0 heterocycles. The van der Waals surface area contributed by atoms with Crippen molar-refractivity contribution in [3.63, 3.8) is 0 Å². The molecular weight excluding hydrogens is 204 g/mol.